The number of hydrogen-bond donors (Lipinski definition) is 1. The molecule has 1 fully saturated rings. The van der Waals surface area contributed by atoms with E-state index in [9.17, 15) is 14.7 Å². The summed E-state index contributed by atoms with van der Waals surface area (Å²) in [7, 11) is 5.50. The Bertz CT molecular complexity index is 946. The molecule has 6 nitrogen and oxygen atoms in total. The molecular formula is C24H28N2O4. The van der Waals surface area contributed by atoms with Crippen molar-refractivity contribution < 1.29 is 19.4 Å². The molecule has 1 heterocycles. The van der Waals surface area contributed by atoms with Gasteiger partial charge in [0, 0.05) is 12.1 Å². The summed E-state index contributed by atoms with van der Waals surface area (Å²) in [6, 6.07) is 13.9. The average Bonchev–Trinajstić information content (AvgIpc) is 2.98. The summed E-state index contributed by atoms with van der Waals surface area (Å²) in [4.78, 5) is 29.4. The largest absolute Gasteiger partial charge is 0.507 e. The smallest absolute Gasteiger partial charge is 0.295 e. The summed E-state index contributed by atoms with van der Waals surface area (Å²) in [6.45, 7) is 3.21. The van der Waals surface area contributed by atoms with Crippen molar-refractivity contribution in [2.75, 3.05) is 34.3 Å². The Hall–Kier alpha value is -3.12. The van der Waals surface area contributed by atoms with Crippen LogP contribution >= 0.6 is 0 Å². The highest BCUT2D eigenvalue weighted by Gasteiger charge is 2.45. The van der Waals surface area contributed by atoms with E-state index in [1.54, 1.807) is 36.3 Å². The molecule has 0 radical (unpaired) electrons. The zero-order valence-corrected chi connectivity index (χ0v) is 17.9. The topological polar surface area (TPSA) is 70.1 Å². The van der Waals surface area contributed by atoms with Gasteiger partial charge in [0.05, 0.1) is 18.7 Å². The third-order valence-electron chi connectivity index (χ3n) is 5.30. The van der Waals surface area contributed by atoms with E-state index in [2.05, 4.69) is 0 Å². The average molecular weight is 408 g/mol. The van der Waals surface area contributed by atoms with Gasteiger partial charge in [0.15, 0.2) is 0 Å². The van der Waals surface area contributed by atoms with Crippen molar-refractivity contribution >= 4 is 17.4 Å². The molecule has 1 atom stereocenters. The lowest BCUT2D eigenvalue weighted by Crippen LogP contribution is -2.32. The van der Waals surface area contributed by atoms with Crippen molar-refractivity contribution in [1.82, 2.24) is 9.80 Å². The first-order valence-electron chi connectivity index (χ1n) is 9.97. The van der Waals surface area contributed by atoms with Crippen molar-refractivity contribution in [2.45, 2.75) is 19.4 Å². The van der Waals surface area contributed by atoms with Crippen molar-refractivity contribution in [3.05, 3.63) is 70.8 Å². The second-order valence-electron chi connectivity index (χ2n) is 7.79. The van der Waals surface area contributed by atoms with Gasteiger partial charge in [-0.2, -0.15) is 0 Å². The second-order valence-corrected chi connectivity index (χ2v) is 7.79. The Morgan fingerprint density at radius 2 is 1.70 bits per heavy atom. The number of benzene rings is 2. The molecule has 3 rings (SSSR count). The first-order chi connectivity index (χ1) is 14.3. The van der Waals surface area contributed by atoms with E-state index in [4.69, 9.17) is 4.74 Å². The number of methoxy groups -OCH3 is 1. The minimum absolute atomic E-state index is 0.124. The van der Waals surface area contributed by atoms with Crippen LogP contribution in [-0.4, -0.2) is 60.9 Å². The Kier molecular flexibility index (Phi) is 6.57. The van der Waals surface area contributed by atoms with Gasteiger partial charge in [-0.1, -0.05) is 29.8 Å². The van der Waals surface area contributed by atoms with Crippen molar-refractivity contribution in [3.8, 4) is 5.75 Å². The van der Waals surface area contributed by atoms with Crippen LogP contribution in [0.3, 0.4) is 0 Å². The highest BCUT2D eigenvalue weighted by atomic mass is 16.5. The normalized spacial score (nSPS) is 18.3. The Morgan fingerprint density at radius 1 is 1.07 bits per heavy atom. The fourth-order valence-electron chi connectivity index (χ4n) is 3.67. The maximum absolute atomic E-state index is 13.0. The third-order valence-corrected chi connectivity index (χ3v) is 5.30. The molecule has 2 aromatic carbocycles. The van der Waals surface area contributed by atoms with Crippen LogP contribution < -0.4 is 4.74 Å². The van der Waals surface area contributed by atoms with Gasteiger partial charge in [0.25, 0.3) is 11.7 Å². The quantitative estimate of drug-likeness (QED) is 0.432. The number of carbonyl (C=O) groups is 2. The van der Waals surface area contributed by atoms with Crippen molar-refractivity contribution in [2.24, 2.45) is 0 Å². The van der Waals surface area contributed by atoms with Crippen LogP contribution in [0.2, 0.25) is 0 Å². The number of ether oxygens (including phenoxy) is 1. The third kappa shape index (κ3) is 4.39. The second kappa shape index (κ2) is 9.13. The fraction of sp³-hybridized carbons (Fsp3) is 0.333. The summed E-state index contributed by atoms with van der Waals surface area (Å²) in [5.41, 5.74) is 2.48. The summed E-state index contributed by atoms with van der Waals surface area (Å²) in [6.07, 6.45) is 0.727. The number of likely N-dealkylation sites (tertiary alicyclic amines) is 1. The van der Waals surface area contributed by atoms with E-state index in [0.29, 0.717) is 17.9 Å². The maximum atomic E-state index is 13.0. The number of ketones is 1. The van der Waals surface area contributed by atoms with Gasteiger partial charge in [0.1, 0.15) is 11.5 Å². The number of aryl methyl sites for hydroxylation is 1. The highest BCUT2D eigenvalue weighted by molar-refractivity contribution is 6.46. The molecule has 0 aliphatic carbocycles. The summed E-state index contributed by atoms with van der Waals surface area (Å²) < 4.78 is 5.16. The molecule has 1 amide bonds. The molecule has 30 heavy (non-hydrogen) atoms. The molecule has 0 aromatic heterocycles. The molecule has 158 valence electrons. The molecule has 1 aliphatic rings. The zero-order chi connectivity index (χ0) is 21.8. The van der Waals surface area contributed by atoms with Gasteiger partial charge in [-0.15, -0.1) is 0 Å². The molecule has 6 heteroatoms. The predicted octanol–water partition coefficient (Wildman–Crippen LogP) is 3.38. The molecule has 0 bridgehead atoms. The minimum atomic E-state index is -0.654. The number of aliphatic hydroxyl groups excluding tert-OH is 1. The number of rotatable bonds is 7. The Balaban J connectivity index is 2.06. The minimum Gasteiger partial charge on any atom is -0.507 e. The van der Waals surface area contributed by atoms with E-state index in [-0.39, 0.29) is 11.3 Å². The van der Waals surface area contributed by atoms with Crippen LogP contribution in [0, 0.1) is 6.92 Å². The summed E-state index contributed by atoms with van der Waals surface area (Å²) in [5.74, 6) is -0.754. The molecular weight excluding hydrogens is 380 g/mol. The highest BCUT2D eigenvalue weighted by Crippen LogP contribution is 2.39. The van der Waals surface area contributed by atoms with Crippen LogP contribution in [0.4, 0.5) is 0 Å². The summed E-state index contributed by atoms with van der Waals surface area (Å²) in [5, 5.41) is 11.0. The van der Waals surface area contributed by atoms with E-state index in [1.807, 2.05) is 50.2 Å². The monoisotopic (exact) mass is 408 g/mol. The van der Waals surface area contributed by atoms with Gasteiger partial charge in [0.2, 0.25) is 0 Å². The molecule has 0 saturated carbocycles. The number of Topliss-reactive ketones (excluding diaryl/α,β-unsaturated/α-hetero) is 1. The lowest BCUT2D eigenvalue weighted by atomic mass is 9.94. The fourth-order valence-corrected chi connectivity index (χ4v) is 3.67. The standard InChI is InChI=1S/C24H28N2O4/c1-16-6-8-17(9-7-16)21-20(22(27)18-10-12-19(30-4)13-11-18)23(28)24(29)26(21)15-5-14-25(2)3/h6-13,21,27H,5,14-15H2,1-4H3/b22-20+/t21-/m0/s1. The summed E-state index contributed by atoms with van der Waals surface area (Å²) >= 11 is 0. The lowest BCUT2D eigenvalue weighted by Gasteiger charge is -2.26. The van der Waals surface area contributed by atoms with E-state index in [1.165, 1.54) is 0 Å². The van der Waals surface area contributed by atoms with Gasteiger partial charge in [-0.3, -0.25) is 9.59 Å². The molecule has 1 N–H and O–H groups in total. The number of carbonyl (C=O) groups excluding carboxylic acids is 2. The maximum Gasteiger partial charge on any atom is 0.295 e. The van der Waals surface area contributed by atoms with Gasteiger partial charge >= 0.3 is 0 Å². The number of nitrogens with zero attached hydrogens (tertiary/aromatic N) is 2. The number of hydrogen-bond acceptors (Lipinski definition) is 5. The first-order valence-corrected chi connectivity index (χ1v) is 9.97. The van der Waals surface area contributed by atoms with Crippen LogP contribution in [0.15, 0.2) is 54.1 Å². The van der Waals surface area contributed by atoms with Crippen LogP contribution in [-0.2, 0) is 9.59 Å². The van der Waals surface area contributed by atoms with Crippen molar-refractivity contribution in [1.29, 1.82) is 0 Å². The molecule has 0 spiro atoms. The molecule has 0 unspecified atom stereocenters. The molecule has 1 aliphatic heterocycles. The Morgan fingerprint density at radius 3 is 2.27 bits per heavy atom. The number of amides is 1. The van der Waals surface area contributed by atoms with Gasteiger partial charge < -0.3 is 19.6 Å². The van der Waals surface area contributed by atoms with E-state index in [0.717, 1.165) is 24.1 Å². The Labute approximate surface area is 177 Å². The zero-order valence-electron chi connectivity index (χ0n) is 17.9. The van der Waals surface area contributed by atoms with Crippen LogP contribution in [0.25, 0.3) is 5.76 Å². The van der Waals surface area contributed by atoms with Crippen LogP contribution in [0.5, 0.6) is 5.75 Å². The predicted molar refractivity (Wildman–Crippen MR) is 116 cm³/mol. The SMILES string of the molecule is COc1ccc(/C(O)=C2\C(=O)C(=O)N(CCCN(C)C)[C@H]2c2ccc(C)cc2)cc1. The van der Waals surface area contributed by atoms with E-state index >= 15 is 0 Å². The molecule has 2 aromatic rings. The van der Waals surface area contributed by atoms with Gasteiger partial charge in [-0.25, -0.2) is 0 Å². The van der Waals surface area contributed by atoms with E-state index < -0.39 is 17.7 Å². The van der Waals surface area contributed by atoms with Gasteiger partial charge in [-0.05, 0) is 63.8 Å². The lowest BCUT2D eigenvalue weighted by molar-refractivity contribution is -0.139. The number of aliphatic hydroxyl groups is 1. The first kappa shape index (κ1) is 21.6. The van der Waals surface area contributed by atoms with Crippen molar-refractivity contribution in [3.63, 3.8) is 0 Å². The molecule has 1 saturated heterocycles. The van der Waals surface area contributed by atoms with Crippen LogP contribution in [0.1, 0.15) is 29.2 Å².